The number of allylic oxidation sites excluding steroid dienone is 2. The summed E-state index contributed by atoms with van der Waals surface area (Å²) in [5.74, 6) is 2.76. The molecule has 0 spiro atoms. The van der Waals surface area contributed by atoms with Crippen molar-refractivity contribution in [3.63, 3.8) is 0 Å². The summed E-state index contributed by atoms with van der Waals surface area (Å²) in [7, 11) is 0. The summed E-state index contributed by atoms with van der Waals surface area (Å²) in [4.78, 5) is 15.7. The molecule has 2 atom stereocenters. The lowest BCUT2D eigenvalue weighted by Crippen LogP contribution is -2.16. The standard InChI is InChI=1S/C45H27N3O2S/c1-2-11-26(12-3-1)43-46-44(32-16-10-19-37-41(32)30-14-4-7-17-35(30)49-37)48-45(47-43)34-24-28(25-38-42(34)31-15-5-8-18-36(31)50-38)27-21-22-40-33(23-27)29-13-6-9-20-39(29)51-40/h1-25,30,35H. The summed E-state index contributed by atoms with van der Waals surface area (Å²) in [6.45, 7) is 0. The Labute approximate surface area is 296 Å². The van der Waals surface area contributed by atoms with E-state index in [9.17, 15) is 0 Å². The van der Waals surface area contributed by atoms with E-state index in [4.69, 9.17) is 24.1 Å². The first-order valence-corrected chi connectivity index (χ1v) is 17.9. The van der Waals surface area contributed by atoms with E-state index in [0.717, 1.165) is 61.1 Å². The second-order valence-electron chi connectivity index (χ2n) is 13.1. The number of thiophene rings is 1. The number of hydrogen-bond acceptors (Lipinski definition) is 6. The summed E-state index contributed by atoms with van der Waals surface area (Å²) < 4.78 is 15.5. The number of benzene rings is 6. The predicted molar refractivity (Wildman–Crippen MR) is 207 cm³/mol. The maximum absolute atomic E-state index is 6.57. The van der Waals surface area contributed by atoms with Crippen LogP contribution in [0.25, 0.3) is 87.4 Å². The highest BCUT2D eigenvalue weighted by Crippen LogP contribution is 2.47. The van der Waals surface area contributed by atoms with Crippen LogP contribution in [0.5, 0.6) is 5.75 Å². The monoisotopic (exact) mass is 673 g/mol. The third kappa shape index (κ3) is 4.50. The molecule has 0 fully saturated rings. The van der Waals surface area contributed by atoms with E-state index in [1.54, 1.807) is 0 Å². The molecule has 0 amide bonds. The Morgan fingerprint density at radius 3 is 2.20 bits per heavy atom. The molecule has 0 saturated carbocycles. The zero-order chi connectivity index (χ0) is 33.5. The fraction of sp³-hybridized carbons (Fsp3) is 0.0444. The van der Waals surface area contributed by atoms with E-state index in [-0.39, 0.29) is 12.0 Å². The van der Waals surface area contributed by atoms with E-state index in [2.05, 4.69) is 91.0 Å². The van der Waals surface area contributed by atoms with E-state index < -0.39 is 0 Å². The van der Waals surface area contributed by atoms with E-state index >= 15 is 0 Å². The normalized spacial score (nSPS) is 16.2. The molecule has 51 heavy (non-hydrogen) atoms. The molecule has 0 radical (unpaired) electrons. The smallest absolute Gasteiger partial charge is 0.164 e. The Bertz CT molecular complexity index is 2920. The van der Waals surface area contributed by atoms with Gasteiger partial charge in [-0.2, -0.15) is 0 Å². The molecule has 0 N–H and O–H groups in total. The van der Waals surface area contributed by atoms with Gasteiger partial charge in [0.1, 0.15) is 23.0 Å². The van der Waals surface area contributed by atoms with Crippen molar-refractivity contribution < 1.29 is 9.15 Å². The van der Waals surface area contributed by atoms with Gasteiger partial charge in [-0.1, -0.05) is 103 Å². The van der Waals surface area contributed by atoms with Gasteiger partial charge in [0, 0.05) is 59.1 Å². The Kier molecular flexibility index (Phi) is 6.18. The molecule has 1 aliphatic carbocycles. The molecule has 0 bridgehead atoms. The van der Waals surface area contributed by atoms with Crippen LogP contribution in [0.2, 0.25) is 0 Å². The zero-order valence-electron chi connectivity index (χ0n) is 27.2. The minimum absolute atomic E-state index is 0.0488. The van der Waals surface area contributed by atoms with Gasteiger partial charge in [-0.05, 0) is 59.7 Å². The average Bonchev–Trinajstić information content (AvgIpc) is 3.88. The summed E-state index contributed by atoms with van der Waals surface area (Å²) >= 11 is 1.82. The van der Waals surface area contributed by atoms with Gasteiger partial charge >= 0.3 is 0 Å². The first-order chi connectivity index (χ1) is 25.2. The number of aromatic nitrogens is 3. The molecule has 240 valence electrons. The molecule has 9 aromatic rings. The van der Waals surface area contributed by atoms with Crippen molar-refractivity contribution in [3.8, 4) is 51.0 Å². The van der Waals surface area contributed by atoms with Crippen LogP contribution in [0.4, 0.5) is 0 Å². The highest BCUT2D eigenvalue weighted by atomic mass is 32.1. The Morgan fingerprint density at radius 2 is 1.27 bits per heavy atom. The number of hydrogen-bond donors (Lipinski definition) is 0. The van der Waals surface area contributed by atoms with Gasteiger partial charge in [0.2, 0.25) is 0 Å². The third-order valence-electron chi connectivity index (χ3n) is 10.1. The number of para-hydroxylation sites is 1. The molecule has 0 saturated heterocycles. The van der Waals surface area contributed by atoms with Crippen LogP contribution in [0.3, 0.4) is 0 Å². The van der Waals surface area contributed by atoms with Gasteiger partial charge in [0.15, 0.2) is 17.5 Å². The quantitative estimate of drug-likeness (QED) is 0.186. The fourth-order valence-corrected chi connectivity index (χ4v) is 8.81. The van der Waals surface area contributed by atoms with Crippen LogP contribution in [-0.4, -0.2) is 21.1 Å². The van der Waals surface area contributed by atoms with Crippen molar-refractivity contribution in [3.05, 3.63) is 157 Å². The molecular weight excluding hydrogens is 647 g/mol. The molecule has 3 aromatic heterocycles. The van der Waals surface area contributed by atoms with Crippen molar-refractivity contribution in [1.82, 2.24) is 15.0 Å². The Balaban J connectivity index is 1.18. The zero-order valence-corrected chi connectivity index (χ0v) is 28.0. The first-order valence-electron chi connectivity index (χ1n) is 17.1. The van der Waals surface area contributed by atoms with Crippen LogP contribution in [0, 0.1) is 0 Å². The second kappa shape index (κ2) is 11.1. The van der Waals surface area contributed by atoms with Crippen molar-refractivity contribution in [2.24, 2.45) is 0 Å². The van der Waals surface area contributed by atoms with E-state index in [1.165, 1.54) is 20.2 Å². The maximum Gasteiger partial charge on any atom is 0.164 e. The summed E-state index contributed by atoms with van der Waals surface area (Å²) in [5.41, 5.74) is 7.61. The maximum atomic E-state index is 6.57. The molecule has 5 nitrogen and oxygen atoms in total. The van der Waals surface area contributed by atoms with Crippen molar-refractivity contribution in [1.29, 1.82) is 0 Å². The number of rotatable bonds is 4. The van der Waals surface area contributed by atoms with Crippen LogP contribution >= 0.6 is 11.3 Å². The Morgan fingerprint density at radius 1 is 0.510 bits per heavy atom. The van der Waals surface area contributed by atoms with Gasteiger partial charge in [0.25, 0.3) is 0 Å². The highest BCUT2D eigenvalue weighted by molar-refractivity contribution is 7.25. The summed E-state index contributed by atoms with van der Waals surface area (Å²) in [5, 5.41) is 4.52. The number of furan rings is 1. The van der Waals surface area contributed by atoms with E-state index in [1.807, 2.05) is 72.0 Å². The van der Waals surface area contributed by atoms with E-state index in [0.29, 0.717) is 17.5 Å². The molecule has 4 heterocycles. The SMILES string of the molecule is C1=CC2Oc3cccc(-c4nc(-c5ccccc5)nc(-c5cc(-c6ccc7sc8ccccc8c7c6)cc6oc7ccccc7c56)n4)c3C2C=C1. The molecule has 11 rings (SSSR count). The van der Waals surface area contributed by atoms with Crippen molar-refractivity contribution in [2.75, 3.05) is 0 Å². The Hall–Kier alpha value is -6.37. The molecule has 1 aliphatic heterocycles. The molecular formula is C45H27N3O2S. The van der Waals surface area contributed by atoms with Gasteiger partial charge in [-0.3, -0.25) is 0 Å². The van der Waals surface area contributed by atoms with Gasteiger partial charge in [0.05, 0.1) is 0 Å². The molecule has 6 aromatic carbocycles. The topological polar surface area (TPSA) is 61.0 Å². The lowest BCUT2D eigenvalue weighted by Gasteiger charge is -2.16. The average molecular weight is 674 g/mol. The second-order valence-corrected chi connectivity index (χ2v) is 14.2. The number of fused-ring (bicyclic) bond motifs is 9. The minimum Gasteiger partial charge on any atom is -0.485 e. The van der Waals surface area contributed by atoms with Crippen LogP contribution in [0.1, 0.15) is 11.5 Å². The lowest BCUT2D eigenvalue weighted by atomic mass is 9.88. The summed E-state index contributed by atoms with van der Waals surface area (Å²) in [6, 6.07) is 44.2. The third-order valence-corrected chi connectivity index (χ3v) is 11.2. The fourth-order valence-electron chi connectivity index (χ4n) is 7.73. The molecule has 6 heteroatoms. The molecule has 2 unspecified atom stereocenters. The lowest BCUT2D eigenvalue weighted by molar-refractivity contribution is 0.269. The van der Waals surface area contributed by atoms with Crippen molar-refractivity contribution in [2.45, 2.75) is 12.0 Å². The van der Waals surface area contributed by atoms with Gasteiger partial charge in [-0.15, -0.1) is 11.3 Å². The van der Waals surface area contributed by atoms with Crippen LogP contribution in [0.15, 0.2) is 156 Å². The predicted octanol–water partition coefficient (Wildman–Crippen LogP) is 11.8. The number of ether oxygens (including phenoxy) is 1. The van der Waals surface area contributed by atoms with Crippen molar-refractivity contribution >= 4 is 53.4 Å². The van der Waals surface area contributed by atoms with Crippen LogP contribution < -0.4 is 4.74 Å². The van der Waals surface area contributed by atoms with Crippen LogP contribution in [-0.2, 0) is 0 Å². The highest BCUT2D eigenvalue weighted by Gasteiger charge is 2.35. The number of nitrogens with zero attached hydrogens (tertiary/aromatic N) is 3. The first kappa shape index (κ1) is 28.5. The minimum atomic E-state index is -0.0488. The van der Waals surface area contributed by atoms with Gasteiger partial charge in [-0.25, -0.2) is 15.0 Å². The summed E-state index contributed by atoms with van der Waals surface area (Å²) in [6.07, 6.45) is 8.41. The molecule has 2 aliphatic rings. The van der Waals surface area contributed by atoms with Gasteiger partial charge < -0.3 is 9.15 Å². The largest absolute Gasteiger partial charge is 0.485 e.